The van der Waals surface area contributed by atoms with Gasteiger partial charge in [-0.3, -0.25) is 14.5 Å². The second-order valence-corrected chi connectivity index (χ2v) is 7.52. The molecule has 0 saturated carbocycles. The molecule has 1 aliphatic rings. The Morgan fingerprint density at radius 1 is 0.939 bits per heavy atom. The molecule has 4 aromatic rings. The number of nitrogens with zero attached hydrogens (tertiary/aromatic N) is 1. The third-order valence-corrected chi connectivity index (χ3v) is 5.45. The Hall–Kier alpha value is -4.39. The van der Waals surface area contributed by atoms with Crippen molar-refractivity contribution in [1.29, 1.82) is 0 Å². The zero-order valence-corrected chi connectivity index (χ0v) is 17.5. The Morgan fingerprint density at radius 2 is 1.67 bits per heavy atom. The lowest BCUT2D eigenvalue weighted by Gasteiger charge is -2.37. The third-order valence-electron chi connectivity index (χ3n) is 5.45. The molecule has 0 fully saturated rings. The molecule has 1 unspecified atom stereocenters. The summed E-state index contributed by atoms with van der Waals surface area (Å²) < 4.78 is 16.6. The quantitative estimate of drug-likeness (QED) is 0.443. The Bertz CT molecular complexity index is 1390. The van der Waals surface area contributed by atoms with Crippen molar-refractivity contribution in [2.24, 2.45) is 0 Å². The summed E-state index contributed by atoms with van der Waals surface area (Å²) in [6.07, 6.45) is 0. The molecular formula is C26H19NO6. The second-order valence-electron chi connectivity index (χ2n) is 7.52. The number of anilines is 1. The predicted octanol–water partition coefficient (Wildman–Crippen LogP) is 4.12. The molecule has 3 aromatic carbocycles. The van der Waals surface area contributed by atoms with Crippen LogP contribution in [0, 0.1) is 0 Å². The van der Waals surface area contributed by atoms with E-state index in [1.54, 1.807) is 41.3 Å². The maximum atomic E-state index is 13.3. The second kappa shape index (κ2) is 8.63. The van der Waals surface area contributed by atoms with E-state index in [4.69, 9.17) is 13.9 Å². The van der Waals surface area contributed by atoms with Gasteiger partial charge in [-0.15, -0.1) is 0 Å². The van der Waals surface area contributed by atoms with E-state index in [1.807, 2.05) is 42.5 Å². The highest BCUT2D eigenvalue weighted by molar-refractivity contribution is 5.99. The molecule has 7 heteroatoms. The summed E-state index contributed by atoms with van der Waals surface area (Å²) in [4.78, 5) is 39.7. The van der Waals surface area contributed by atoms with Crippen molar-refractivity contribution >= 4 is 28.5 Å². The predicted molar refractivity (Wildman–Crippen MR) is 121 cm³/mol. The van der Waals surface area contributed by atoms with Gasteiger partial charge in [-0.1, -0.05) is 54.6 Å². The molecule has 0 bridgehead atoms. The van der Waals surface area contributed by atoms with Crippen LogP contribution in [0.2, 0.25) is 0 Å². The summed E-state index contributed by atoms with van der Waals surface area (Å²) in [5, 5.41) is 0.362. The van der Waals surface area contributed by atoms with E-state index in [0.29, 0.717) is 16.8 Å². The van der Waals surface area contributed by atoms with Crippen molar-refractivity contribution in [3.63, 3.8) is 0 Å². The number of carbonyl (C=O) groups excluding carboxylic acids is 2. The molecule has 33 heavy (non-hydrogen) atoms. The largest absolute Gasteiger partial charge is 0.489 e. The summed E-state index contributed by atoms with van der Waals surface area (Å²) in [6, 6.07) is 24.0. The van der Waals surface area contributed by atoms with E-state index in [0.717, 1.165) is 11.6 Å². The first kappa shape index (κ1) is 20.5. The number of amides is 1. The van der Waals surface area contributed by atoms with Gasteiger partial charge in [-0.05, 0) is 29.8 Å². The lowest BCUT2D eigenvalue weighted by Crippen LogP contribution is -2.43. The van der Waals surface area contributed by atoms with E-state index in [9.17, 15) is 14.4 Å². The highest BCUT2D eigenvalue weighted by Gasteiger charge is 2.34. The maximum Gasteiger partial charge on any atom is 0.374 e. The van der Waals surface area contributed by atoms with Gasteiger partial charge in [0.25, 0.3) is 5.91 Å². The van der Waals surface area contributed by atoms with Gasteiger partial charge in [-0.2, -0.15) is 0 Å². The van der Waals surface area contributed by atoms with Crippen LogP contribution in [0.3, 0.4) is 0 Å². The molecule has 1 aromatic heterocycles. The summed E-state index contributed by atoms with van der Waals surface area (Å²) in [6.45, 7) is -0.257. The van der Waals surface area contributed by atoms with Gasteiger partial charge >= 0.3 is 5.97 Å². The van der Waals surface area contributed by atoms with Crippen molar-refractivity contribution in [2.75, 3.05) is 18.1 Å². The number of carbonyl (C=O) groups is 2. The molecule has 0 aliphatic carbocycles. The van der Waals surface area contributed by atoms with Gasteiger partial charge in [0.15, 0.2) is 12.0 Å². The van der Waals surface area contributed by atoms with Crippen LogP contribution >= 0.6 is 0 Å². The Labute approximate surface area is 188 Å². The standard InChI is InChI=1S/C26H19NO6/c28-21-14-24(33-22-12-6-4-10-18(21)22)26(30)32-16-25(29)27-19-11-5-7-13-23(19)31-15-20(27)17-8-2-1-3-9-17/h1-14,20H,15-16H2. The van der Waals surface area contributed by atoms with Gasteiger partial charge in [0, 0.05) is 6.07 Å². The van der Waals surface area contributed by atoms with Crippen LogP contribution in [0.5, 0.6) is 5.75 Å². The van der Waals surface area contributed by atoms with E-state index in [2.05, 4.69) is 0 Å². The van der Waals surface area contributed by atoms with Crippen molar-refractivity contribution < 1.29 is 23.5 Å². The minimum Gasteiger partial charge on any atom is -0.489 e. The fourth-order valence-corrected chi connectivity index (χ4v) is 3.89. The molecule has 164 valence electrons. The van der Waals surface area contributed by atoms with E-state index in [1.165, 1.54) is 0 Å². The Morgan fingerprint density at radius 3 is 2.52 bits per heavy atom. The smallest absolute Gasteiger partial charge is 0.374 e. The number of para-hydroxylation sites is 3. The van der Waals surface area contributed by atoms with Crippen molar-refractivity contribution in [3.8, 4) is 5.75 Å². The SMILES string of the molecule is O=C(OCC(=O)N1c2ccccc2OCC1c1ccccc1)c1cc(=O)c2ccccc2o1. The van der Waals surface area contributed by atoms with E-state index < -0.39 is 18.5 Å². The summed E-state index contributed by atoms with van der Waals surface area (Å²) in [5.41, 5.74) is 1.40. The maximum absolute atomic E-state index is 13.3. The van der Waals surface area contributed by atoms with Crippen molar-refractivity contribution in [1.82, 2.24) is 0 Å². The summed E-state index contributed by atoms with van der Waals surface area (Å²) in [7, 11) is 0. The van der Waals surface area contributed by atoms with Gasteiger partial charge in [-0.25, -0.2) is 4.79 Å². The molecule has 1 amide bonds. The van der Waals surface area contributed by atoms with Crippen molar-refractivity contribution in [3.05, 3.63) is 106 Å². The first-order valence-electron chi connectivity index (χ1n) is 10.4. The number of ether oxygens (including phenoxy) is 2. The first-order valence-corrected chi connectivity index (χ1v) is 10.4. The van der Waals surface area contributed by atoms with Gasteiger partial charge in [0.05, 0.1) is 17.1 Å². The first-order chi connectivity index (χ1) is 16.1. The number of rotatable bonds is 4. The molecule has 0 radical (unpaired) electrons. The number of hydrogen-bond acceptors (Lipinski definition) is 6. The molecule has 7 nitrogen and oxygen atoms in total. The minimum absolute atomic E-state index is 0.256. The lowest BCUT2D eigenvalue weighted by atomic mass is 10.0. The molecule has 1 atom stereocenters. The molecule has 0 N–H and O–H groups in total. The Kier molecular flexibility index (Phi) is 5.36. The average molecular weight is 441 g/mol. The molecule has 0 saturated heterocycles. The summed E-state index contributed by atoms with van der Waals surface area (Å²) in [5.74, 6) is -0.988. The topological polar surface area (TPSA) is 86.0 Å². The van der Waals surface area contributed by atoms with Crippen LogP contribution in [0.15, 0.2) is 94.1 Å². The van der Waals surface area contributed by atoms with Crippen LogP contribution < -0.4 is 15.1 Å². The zero-order chi connectivity index (χ0) is 22.8. The van der Waals surface area contributed by atoms with Crippen LogP contribution in [-0.2, 0) is 9.53 Å². The minimum atomic E-state index is -0.885. The highest BCUT2D eigenvalue weighted by atomic mass is 16.5. The molecule has 5 rings (SSSR count). The fraction of sp³-hybridized carbons (Fsp3) is 0.115. The molecule has 2 heterocycles. The number of hydrogen-bond donors (Lipinski definition) is 0. The zero-order valence-electron chi connectivity index (χ0n) is 17.5. The van der Waals surface area contributed by atoms with Crippen LogP contribution in [0.25, 0.3) is 11.0 Å². The van der Waals surface area contributed by atoms with E-state index >= 15 is 0 Å². The normalized spacial score (nSPS) is 14.9. The molecule has 1 aliphatic heterocycles. The highest BCUT2D eigenvalue weighted by Crippen LogP contribution is 2.39. The van der Waals surface area contributed by atoms with Crippen LogP contribution in [-0.4, -0.2) is 25.1 Å². The Balaban J connectivity index is 1.39. The molecular weight excluding hydrogens is 422 g/mol. The van der Waals surface area contributed by atoms with Crippen molar-refractivity contribution in [2.45, 2.75) is 6.04 Å². The van der Waals surface area contributed by atoms with Gasteiger partial charge in [0.2, 0.25) is 5.76 Å². The fourth-order valence-electron chi connectivity index (χ4n) is 3.89. The molecule has 0 spiro atoms. The van der Waals surface area contributed by atoms with Gasteiger partial charge in [0.1, 0.15) is 17.9 Å². The monoisotopic (exact) mass is 441 g/mol. The van der Waals surface area contributed by atoms with Crippen LogP contribution in [0.4, 0.5) is 5.69 Å². The average Bonchev–Trinajstić information content (AvgIpc) is 2.87. The number of benzene rings is 3. The van der Waals surface area contributed by atoms with Gasteiger partial charge < -0.3 is 13.9 Å². The van der Waals surface area contributed by atoms with E-state index in [-0.39, 0.29) is 29.4 Å². The number of esters is 1. The number of fused-ring (bicyclic) bond motifs is 2. The third kappa shape index (κ3) is 3.96. The van der Waals surface area contributed by atoms with Crippen LogP contribution in [0.1, 0.15) is 22.2 Å². The summed E-state index contributed by atoms with van der Waals surface area (Å²) >= 11 is 0. The lowest BCUT2D eigenvalue weighted by molar-refractivity contribution is -0.122.